The molecule has 7 heteroatoms. The molecule has 0 spiro atoms. The Hall–Kier alpha value is -3.38. The lowest BCUT2D eigenvalue weighted by Crippen LogP contribution is -2.35. The summed E-state index contributed by atoms with van der Waals surface area (Å²) in [7, 11) is 1.61. The second-order valence-corrected chi connectivity index (χ2v) is 8.18. The Balaban J connectivity index is 1.56. The van der Waals surface area contributed by atoms with Crippen LogP contribution in [0.5, 0.6) is 5.75 Å². The van der Waals surface area contributed by atoms with E-state index in [2.05, 4.69) is 10.3 Å². The van der Waals surface area contributed by atoms with Crippen molar-refractivity contribution in [2.24, 2.45) is 5.92 Å². The van der Waals surface area contributed by atoms with Crippen LogP contribution in [0.2, 0.25) is 5.02 Å². The molecule has 0 aliphatic carbocycles. The van der Waals surface area contributed by atoms with Crippen molar-refractivity contribution in [1.29, 1.82) is 0 Å². The molecule has 2 atom stereocenters. The first-order valence-corrected chi connectivity index (χ1v) is 10.8. The van der Waals surface area contributed by atoms with E-state index in [4.69, 9.17) is 16.3 Å². The second kappa shape index (κ2) is 9.83. The molecule has 1 aliphatic heterocycles. The highest BCUT2D eigenvalue weighted by atomic mass is 35.5. The Kier molecular flexibility index (Phi) is 6.71. The number of ether oxygens (including phenoxy) is 1. The van der Waals surface area contributed by atoms with E-state index in [0.29, 0.717) is 30.2 Å². The van der Waals surface area contributed by atoms with Crippen molar-refractivity contribution in [2.45, 2.75) is 12.5 Å². The molecule has 1 aliphatic rings. The lowest BCUT2D eigenvalue weighted by Gasteiger charge is -2.18. The van der Waals surface area contributed by atoms with Crippen molar-refractivity contribution in [3.8, 4) is 5.75 Å². The molecule has 4 rings (SSSR count). The van der Waals surface area contributed by atoms with Crippen LogP contribution in [0.15, 0.2) is 72.9 Å². The van der Waals surface area contributed by atoms with Crippen LogP contribution < -0.4 is 10.1 Å². The number of benzene rings is 2. The molecule has 164 valence electrons. The van der Waals surface area contributed by atoms with Gasteiger partial charge in [0, 0.05) is 35.8 Å². The molecular weight excluding hydrogens is 426 g/mol. The molecule has 0 bridgehead atoms. The van der Waals surface area contributed by atoms with Gasteiger partial charge in [0.15, 0.2) is 0 Å². The second-order valence-electron chi connectivity index (χ2n) is 7.75. The van der Waals surface area contributed by atoms with Gasteiger partial charge in [0.05, 0.1) is 25.3 Å². The van der Waals surface area contributed by atoms with Gasteiger partial charge in [-0.25, -0.2) is 0 Å². The maximum absolute atomic E-state index is 13.2. The third-order valence-electron chi connectivity index (χ3n) is 5.73. The molecular formula is C25H24ClN3O3. The van der Waals surface area contributed by atoms with Gasteiger partial charge in [-0.1, -0.05) is 29.8 Å². The Morgan fingerprint density at radius 3 is 2.62 bits per heavy atom. The van der Waals surface area contributed by atoms with Gasteiger partial charge >= 0.3 is 0 Å². The van der Waals surface area contributed by atoms with Crippen LogP contribution in [0, 0.1) is 5.92 Å². The number of hydrogen-bond acceptors (Lipinski definition) is 4. The summed E-state index contributed by atoms with van der Waals surface area (Å²) in [5.41, 5.74) is 2.30. The summed E-state index contributed by atoms with van der Waals surface area (Å²) < 4.78 is 5.37. The maximum Gasteiger partial charge on any atom is 0.253 e. The van der Waals surface area contributed by atoms with Crippen LogP contribution in [-0.2, 0) is 11.3 Å². The topological polar surface area (TPSA) is 71.5 Å². The Labute approximate surface area is 192 Å². The molecule has 1 saturated heterocycles. The van der Waals surface area contributed by atoms with E-state index in [1.165, 1.54) is 0 Å². The number of nitrogens with one attached hydrogen (secondary N) is 1. The highest BCUT2D eigenvalue weighted by molar-refractivity contribution is 6.30. The fraction of sp³-hybridized carbons (Fsp3) is 0.240. The number of pyridine rings is 1. The number of hydrogen-bond donors (Lipinski definition) is 1. The van der Waals surface area contributed by atoms with Crippen molar-refractivity contribution < 1.29 is 14.3 Å². The van der Waals surface area contributed by atoms with Crippen molar-refractivity contribution >= 4 is 23.4 Å². The fourth-order valence-electron chi connectivity index (χ4n) is 4.03. The minimum absolute atomic E-state index is 0.102. The van der Waals surface area contributed by atoms with Crippen LogP contribution in [0.4, 0.5) is 0 Å². The molecule has 2 unspecified atom stereocenters. The smallest absolute Gasteiger partial charge is 0.253 e. The summed E-state index contributed by atoms with van der Waals surface area (Å²) in [5.74, 6) is -0.0331. The van der Waals surface area contributed by atoms with Gasteiger partial charge in [0.25, 0.3) is 5.91 Å². The highest BCUT2D eigenvalue weighted by Crippen LogP contribution is 2.35. The quantitative estimate of drug-likeness (QED) is 0.619. The van der Waals surface area contributed by atoms with Gasteiger partial charge in [-0.3, -0.25) is 14.6 Å². The first kappa shape index (κ1) is 21.8. The minimum Gasteiger partial charge on any atom is -0.497 e. The summed E-state index contributed by atoms with van der Waals surface area (Å²) in [6, 6.07) is 20.1. The molecule has 2 heterocycles. The average Bonchev–Trinajstić information content (AvgIpc) is 3.29. The molecule has 32 heavy (non-hydrogen) atoms. The van der Waals surface area contributed by atoms with Gasteiger partial charge in [0.2, 0.25) is 5.91 Å². The fourth-order valence-corrected chi connectivity index (χ4v) is 4.16. The number of amides is 2. The monoisotopic (exact) mass is 449 g/mol. The summed E-state index contributed by atoms with van der Waals surface area (Å²) in [4.78, 5) is 32.3. The number of carbonyl (C=O) groups excluding carboxylic acids is 2. The van der Waals surface area contributed by atoms with Crippen molar-refractivity contribution in [1.82, 2.24) is 15.2 Å². The summed E-state index contributed by atoms with van der Waals surface area (Å²) >= 11 is 5.96. The number of nitrogens with zero attached hydrogens (tertiary/aromatic N) is 2. The van der Waals surface area contributed by atoms with Crippen LogP contribution in [0.25, 0.3) is 0 Å². The summed E-state index contributed by atoms with van der Waals surface area (Å²) in [6.07, 6.45) is 1.70. The van der Waals surface area contributed by atoms with Gasteiger partial charge in [0.1, 0.15) is 5.75 Å². The normalized spacial score (nSPS) is 17.8. The molecule has 2 aromatic carbocycles. The molecule has 2 amide bonds. The first-order chi connectivity index (χ1) is 15.5. The molecule has 1 aromatic heterocycles. The SMILES string of the molecule is COc1cccc(C2CN(C(=O)c3ccc(Cl)cc3)CC2C(=O)NCc2ccccn2)c1. The lowest BCUT2D eigenvalue weighted by atomic mass is 9.88. The molecule has 1 N–H and O–H groups in total. The molecule has 6 nitrogen and oxygen atoms in total. The van der Waals surface area contributed by atoms with Gasteiger partial charge in [-0.05, 0) is 54.1 Å². The average molecular weight is 450 g/mol. The first-order valence-electron chi connectivity index (χ1n) is 10.4. The molecule has 0 saturated carbocycles. The largest absolute Gasteiger partial charge is 0.497 e. The minimum atomic E-state index is -0.387. The van der Waals surface area contributed by atoms with E-state index in [1.54, 1.807) is 42.5 Å². The van der Waals surface area contributed by atoms with E-state index in [-0.39, 0.29) is 23.7 Å². The van der Waals surface area contributed by atoms with Crippen LogP contribution in [0.1, 0.15) is 27.5 Å². The van der Waals surface area contributed by atoms with Crippen molar-refractivity contribution in [3.05, 3.63) is 94.8 Å². The van der Waals surface area contributed by atoms with Crippen LogP contribution >= 0.6 is 11.6 Å². The summed E-state index contributed by atoms with van der Waals surface area (Å²) in [5, 5.41) is 3.56. The number of aromatic nitrogens is 1. The Morgan fingerprint density at radius 1 is 1.09 bits per heavy atom. The van der Waals surface area contributed by atoms with Crippen molar-refractivity contribution in [2.75, 3.05) is 20.2 Å². The summed E-state index contributed by atoms with van der Waals surface area (Å²) in [6.45, 7) is 1.11. The number of halogens is 1. The van der Waals surface area contributed by atoms with Crippen LogP contribution in [-0.4, -0.2) is 41.9 Å². The lowest BCUT2D eigenvalue weighted by molar-refractivity contribution is -0.125. The third-order valence-corrected chi connectivity index (χ3v) is 5.98. The number of carbonyl (C=O) groups is 2. The molecule has 1 fully saturated rings. The van der Waals surface area contributed by atoms with E-state index >= 15 is 0 Å². The van der Waals surface area contributed by atoms with Gasteiger partial charge in [-0.15, -0.1) is 0 Å². The number of rotatable bonds is 6. The highest BCUT2D eigenvalue weighted by Gasteiger charge is 2.40. The zero-order valence-corrected chi connectivity index (χ0v) is 18.5. The molecule has 0 radical (unpaired) electrons. The van der Waals surface area contributed by atoms with Gasteiger partial charge < -0.3 is 15.0 Å². The standard InChI is InChI=1S/C25H24ClN3O3/c1-32-21-7-4-5-18(13-21)22-15-29(25(31)17-8-10-19(26)11-9-17)16-23(22)24(30)28-14-20-6-2-3-12-27-20/h2-13,22-23H,14-16H2,1H3,(H,28,30). The van der Waals surface area contributed by atoms with Gasteiger partial charge in [-0.2, -0.15) is 0 Å². The zero-order chi connectivity index (χ0) is 22.5. The third kappa shape index (κ3) is 4.92. The van der Waals surface area contributed by atoms with E-state index < -0.39 is 0 Å². The predicted octanol–water partition coefficient (Wildman–Crippen LogP) is 3.92. The Bertz CT molecular complexity index is 1090. The maximum atomic E-state index is 13.2. The number of likely N-dealkylation sites (tertiary alicyclic amines) is 1. The Morgan fingerprint density at radius 2 is 1.91 bits per heavy atom. The van der Waals surface area contributed by atoms with E-state index in [9.17, 15) is 9.59 Å². The number of methoxy groups -OCH3 is 1. The predicted molar refractivity (Wildman–Crippen MR) is 123 cm³/mol. The van der Waals surface area contributed by atoms with Crippen molar-refractivity contribution in [3.63, 3.8) is 0 Å². The van der Waals surface area contributed by atoms with E-state index in [1.807, 2.05) is 42.5 Å². The zero-order valence-electron chi connectivity index (χ0n) is 17.7. The molecule has 3 aromatic rings. The van der Waals surface area contributed by atoms with E-state index in [0.717, 1.165) is 17.0 Å². The van der Waals surface area contributed by atoms with Crippen LogP contribution in [0.3, 0.4) is 0 Å².